The average Bonchev–Trinajstić information content (AvgIpc) is 3.06. The minimum atomic E-state index is -0.0167. The maximum atomic E-state index is 12.2. The molecule has 1 aromatic heterocycles. The van der Waals surface area contributed by atoms with Crippen LogP contribution in [0.15, 0.2) is 23.4 Å². The first-order valence-corrected chi connectivity index (χ1v) is 9.74. The minimum Gasteiger partial charge on any atom is -0.494 e. The number of carbonyl (C=O) groups is 1. The van der Waals surface area contributed by atoms with Crippen molar-refractivity contribution in [1.29, 1.82) is 0 Å². The lowest BCUT2D eigenvalue weighted by Crippen LogP contribution is -2.34. The van der Waals surface area contributed by atoms with Gasteiger partial charge < -0.3 is 10.1 Å². The summed E-state index contributed by atoms with van der Waals surface area (Å²) >= 11 is 1.31. The Balaban J connectivity index is 1.99. The highest BCUT2D eigenvalue weighted by Crippen LogP contribution is 2.26. The molecular formula is C18H27N5O2S. The molecule has 0 bridgehead atoms. The second kappa shape index (κ2) is 9.56. The summed E-state index contributed by atoms with van der Waals surface area (Å²) in [5.74, 6) is 1.56. The highest BCUT2D eigenvalue weighted by atomic mass is 32.2. The van der Waals surface area contributed by atoms with Gasteiger partial charge in [-0.15, -0.1) is 5.10 Å². The van der Waals surface area contributed by atoms with Gasteiger partial charge in [-0.05, 0) is 60.7 Å². The van der Waals surface area contributed by atoms with Gasteiger partial charge in [0, 0.05) is 6.04 Å². The van der Waals surface area contributed by atoms with Gasteiger partial charge in [0.15, 0.2) is 0 Å². The van der Waals surface area contributed by atoms with Crippen molar-refractivity contribution < 1.29 is 9.53 Å². The van der Waals surface area contributed by atoms with E-state index in [2.05, 4.69) is 34.7 Å². The summed E-state index contributed by atoms with van der Waals surface area (Å²) in [5, 5.41) is 15.4. The zero-order valence-corrected chi connectivity index (χ0v) is 16.8. The summed E-state index contributed by atoms with van der Waals surface area (Å²) in [7, 11) is 1.61. The van der Waals surface area contributed by atoms with Gasteiger partial charge in [0.2, 0.25) is 11.1 Å². The predicted octanol–water partition coefficient (Wildman–Crippen LogP) is 3.01. The van der Waals surface area contributed by atoms with E-state index in [1.165, 1.54) is 11.8 Å². The number of aryl methyl sites for hydroxylation is 1. The van der Waals surface area contributed by atoms with E-state index in [4.69, 9.17) is 4.74 Å². The van der Waals surface area contributed by atoms with E-state index in [1.807, 2.05) is 32.0 Å². The zero-order chi connectivity index (χ0) is 19.1. The van der Waals surface area contributed by atoms with Crippen molar-refractivity contribution in [3.8, 4) is 11.4 Å². The van der Waals surface area contributed by atoms with Gasteiger partial charge in [0.05, 0.1) is 12.9 Å². The Labute approximate surface area is 158 Å². The topological polar surface area (TPSA) is 81.9 Å². The number of hydrogen-bond donors (Lipinski definition) is 1. The fourth-order valence-corrected chi connectivity index (χ4v) is 3.18. The second-order valence-corrected chi connectivity index (χ2v) is 7.72. The van der Waals surface area contributed by atoms with Crippen LogP contribution in [0.4, 0.5) is 0 Å². The van der Waals surface area contributed by atoms with Crippen LogP contribution >= 0.6 is 11.8 Å². The third-order valence-electron chi connectivity index (χ3n) is 3.92. The van der Waals surface area contributed by atoms with Crippen LogP contribution < -0.4 is 10.1 Å². The van der Waals surface area contributed by atoms with Crippen molar-refractivity contribution in [2.75, 3.05) is 12.9 Å². The minimum absolute atomic E-state index is 0.0167. The monoisotopic (exact) mass is 377 g/mol. The van der Waals surface area contributed by atoms with E-state index in [1.54, 1.807) is 11.8 Å². The van der Waals surface area contributed by atoms with Crippen LogP contribution in [-0.4, -0.2) is 45.0 Å². The van der Waals surface area contributed by atoms with E-state index < -0.39 is 0 Å². The number of carbonyl (C=O) groups excluding carboxylic acids is 1. The first kappa shape index (κ1) is 20.2. The molecule has 0 aliphatic rings. The molecule has 0 fully saturated rings. The molecule has 26 heavy (non-hydrogen) atoms. The van der Waals surface area contributed by atoms with E-state index in [0.29, 0.717) is 16.8 Å². The number of nitrogens with one attached hydrogen (secondary N) is 1. The maximum Gasteiger partial charge on any atom is 0.230 e. The normalized spacial score (nSPS) is 12.2. The van der Waals surface area contributed by atoms with Gasteiger partial charge in [0.1, 0.15) is 11.4 Å². The third kappa shape index (κ3) is 5.72. The van der Waals surface area contributed by atoms with Crippen LogP contribution in [0.3, 0.4) is 0 Å². The van der Waals surface area contributed by atoms with E-state index >= 15 is 0 Å². The number of hydrogen-bond acceptors (Lipinski definition) is 6. The van der Waals surface area contributed by atoms with Crippen LogP contribution in [0, 0.1) is 12.8 Å². The first-order valence-electron chi connectivity index (χ1n) is 8.76. The van der Waals surface area contributed by atoms with Gasteiger partial charge in [-0.25, -0.2) is 0 Å². The number of benzene rings is 1. The summed E-state index contributed by atoms with van der Waals surface area (Å²) in [6.07, 6.45) is 2.08. The lowest BCUT2D eigenvalue weighted by atomic mass is 10.0. The average molecular weight is 378 g/mol. The molecule has 7 nitrogen and oxygen atoms in total. The molecule has 1 aromatic carbocycles. The lowest BCUT2D eigenvalue weighted by Gasteiger charge is -2.15. The molecule has 0 aliphatic carbocycles. The van der Waals surface area contributed by atoms with Gasteiger partial charge in [-0.2, -0.15) is 4.68 Å². The Morgan fingerprint density at radius 3 is 2.77 bits per heavy atom. The molecular weight excluding hydrogens is 350 g/mol. The molecule has 1 N–H and O–H groups in total. The Kier molecular flexibility index (Phi) is 7.44. The smallest absolute Gasteiger partial charge is 0.230 e. The summed E-state index contributed by atoms with van der Waals surface area (Å²) < 4.78 is 7.00. The number of amides is 1. The van der Waals surface area contributed by atoms with Gasteiger partial charge >= 0.3 is 0 Å². The SMILES string of the molecule is COc1ccc(C)cc1-n1nnnc1SCC(=O)N[C@@H](C)CCC(C)C. The van der Waals surface area contributed by atoms with Gasteiger partial charge in [-0.1, -0.05) is 31.7 Å². The van der Waals surface area contributed by atoms with E-state index in [-0.39, 0.29) is 17.7 Å². The Bertz CT molecular complexity index is 732. The number of tetrazole rings is 1. The second-order valence-electron chi connectivity index (χ2n) is 6.78. The molecule has 0 spiro atoms. The molecule has 0 radical (unpaired) electrons. The molecule has 0 unspecified atom stereocenters. The molecule has 1 atom stereocenters. The highest BCUT2D eigenvalue weighted by Gasteiger charge is 2.16. The van der Waals surface area contributed by atoms with Crippen LogP contribution in [-0.2, 0) is 4.79 Å². The van der Waals surface area contributed by atoms with Crippen molar-refractivity contribution in [1.82, 2.24) is 25.5 Å². The molecule has 142 valence electrons. The first-order chi connectivity index (χ1) is 12.4. The lowest BCUT2D eigenvalue weighted by molar-refractivity contribution is -0.119. The molecule has 8 heteroatoms. The van der Waals surface area contributed by atoms with Crippen molar-refractivity contribution >= 4 is 17.7 Å². The summed E-state index contributed by atoms with van der Waals surface area (Å²) in [6.45, 7) is 8.40. The summed E-state index contributed by atoms with van der Waals surface area (Å²) in [6, 6.07) is 5.96. The Hall–Kier alpha value is -2.09. The standard InChI is InChI=1S/C18H27N5O2S/c1-12(2)6-8-14(4)19-17(24)11-26-18-20-21-22-23(18)15-10-13(3)7-9-16(15)25-5/h7,9-10,12,14H,6,8,11H2,1-5H3,(H,19,24)/t14-/m0/s1. The van der Waals surface area contributed by atoms with Crippen LogP contribution in [0.1, 0.15) is 39.2 Å². The summed E-state index contributed by atoms with van der Waals surface area (Å²) in [4.78, 5) is 12.2. The third-order valence-corrected chi connectivity index (χ3v) is 4.84. The number of ether oxygens (including phenoxy) is 1. The van der Waals surface area contributed by atoms with E-state index in [9.17, 15) is 4.79 Å². The number of aromatic nitrogens is 4. The van der Waals surface area contributed by atoms with Crippen LogP contribution in [0.25, 0.3) is 5.69 Å². The molecule has 0 saturated carbocycles. The molecule has 0 saturated heterocycles. The number of rotatable bonds is 9. The largest absolute Gasteiger partial charge is 0.494 e. The van der Waals surface area contributed by atoms with Crippen LogP contribution in [0.2, 0.25) is 0 Å². The highest BCUT2D eigenvalue weighted by molar-refractivity contribution is 7.99. The van der Waals surface area contributed by atoms with Gasteiger partial charge in [-0.3, -0.25) is 4.79 Å². The predicted molar refractivity (Wildman–Crippen MR) is 103 cm³/mol. The van der Waals surface area contributed by atoms with Crippen molar-refractivity contribution in [3.05, 3.63) is 23.8 Å². The molecule has 1 heterocycles. The fraction of sp³-hybridized carbons (Fsp3) is 0.556. The Morgan fingerprint density at radius 1 is 1.31 bits per heavy atom. The van der Waals surface area contributed by atoms with Crippen LogP contribution in [0.5, 0.6) is 5.75 Å². The number of nitrogens with zero attached hydrogens (tertiary/aromatic N) is 4. The number of methoxy groups -OCH3 is 1. The van der Waals surface area contributed by atoms with E-state index in [0.717, 1.165) is 24.1 Å². The summed E-state index contributed by atoms with van der Waals surface area (Å²) in [5.41, 5.74) is 1.83. The van der Waals surface area contributed by atoms with Crippen molar-refractivity contribution in [2.24, 2.45) is 5.92 Å². The molecule has 2 rings (SSSR count). The number of thioether (sulfide) groups is 1. The van der Waals surface area contributed by atoms with Crippen molar-refractivity contribution in [3.63, 3.8) is 0 Å². The maximum absolute atomic E-state index is 12.2. The quantitative estimate of drug-likeness (QED) is 0.677. The Morgan fingerprint density at radius 2 is 2.08 bits per heavy atom. The fourth-order valence-electron chi connectivity index (χ4n) is 2.49. The molecule has 0 aliphatic heterocycles. The molecule has 2 aromatic rings. The van der Waals surface area contributed by atoms with Gasteiger partial charge in [0.25, 0.3) is 0 Å². The molecule has 1 amide bonds. The zero-order valence-electron chi connectivity index (χ0n) is 16.0. The van der Waals surface area contributed by atoms with Crippen molar-refractivity contribution in [2.45, 2.75) is 51.7 Å².